The number of hydrogen-bond acceptors (Lipinski definition) is 2. The highest BCUT2D eigenvalue weighted by molar-refractivity contribution is 7.16. The van der Waals surface area contributed by atoms with Gasteiger partial charge in [-0.1, -0.05) is 11.6 Å². The molecule has 1 aliphatic rings. The third-order valence-electron chi connectivity index (χ3n) is 2.05. The second-order valence-electron chi connectivity index (χ2n) is 2.84. The molecule has 2 rings (SSSR count). The lowest BCUT2D eigenvalue weighted by molar-refractivity contribution is 0.157. The van der Waals surface area contributed by atoms with Gasteiger partial charge in [0.15, 0.2) is 0 Å². The molecule has 3 heteroatoms. The van der Waals surface area contributed by atoms with E-state index in [-0.39, 0.29) is 6.10 Å². The minimum Gasteiger partial charge on any atom is -0.388 e. The average molecular weight is 189 g/mol. The Balaban J connectivity index is 2.43. The Hall–Kier alpha value is -0.0500. The Morgan fingerprint density at radius 3 is 3.18 bits per heavy atom. The second kappa shape index (κ2) is 2.77. The van der Waals surface area contributed by atoms with Gasteiger partial charge in [-0.15, -0.1) is 11.3 Å². The van der Waals surface area contributed by atoms with Crippen molar-refractivity contribution in [3.8, 4) is 0 Å². The summed E-state index contributed by atoms with van der Waals surface area (Å²) >= 11 is 7.42. The fraction of sp³-hybridized carbons (Fsp3) is 0.500. The molecule has 0 spiro atoms. The van der Waals surface area contributed by atoms with E-state index in [0.717, 1.165) is 29.2 Å². The molecule has 60 valence electrons. The van der Waals surface area contributed by atoms with Crippen LogP contribution >= 0.6 is 22.9 Å². The van der Waals surface area contributed by atoms with E-state index in [1.54, 1.807) is 11.3 Å². The summed E-state index contributed by atoms with van der Waals surface area (Å²) in [6.07, 6.45) is 2.80. The summed E-state index contributed by atoms with van der Waals surface area (Å²) in [5, 5.41) is 9.52. The van der Waals surface area contributed by atoms with E-state index in [1.165, 1.54) is 4.88 Å². The predicted octanol–water partition coefficient (Wildman–Crippen LogP) is 2.77. The summed E-state index contributed by atoms with van der Waals surface area (Å²) in [5.74, 6) is 0. The van der Waals surface area contributed by atoms with Crippen molar-refractivity contribution in [1.82, 2.24) is 0 Å². The van der Waals surface area contributed by atoms with E-state index in [0.29, 0.717) is 0 Å². The lowest BCUT2D eigenvalue weighted by Crippen LogP contribution is -2.05. The van der Waals surface area contributed by atoms with Crippen LogP contribution in [-0.4, -0.2) is 5.11 Å². The van der Waals surface area contributed by atoms with Crippen molar-refractivity contribution in [3.63, 3.8) is 0 Å². The standard InChI is InChI=1S/C8H9ClOS/c9-8-4-5-6(10)2-1-3-7(5)11-8/h4,6,10H,1-3H2. The molecule has 0 bridgehead atoms. The van der Waals surface area contributed by atoms with Crippen molar-refractivity contribution in [1.29, 1.82) is 0 Å². The summed E-state index contributed by atoms with van der Waals surface area (Å²) in [4.78, 5) is 1.27. The Morgan fingerprint density at radius 1 is 1.64 bits per heavy atom. The molecule has 1 aliphatic carbocycles. The SMILES string of the molecule is OC1CCCc2sc(Cl)cc21. The number of fused-ring (bicyclic) bond motifs is 1. The molecule has 1 aromatic heterocycles. The third-order valence-corrected chi connectivity index (χ3v) is 3.39. The maximum Gasteiger partial charge on any atom is 0.0935 e. The van der Waals surface area contributed by atoms with E-state index in [9.17, 15) is 5.11 Å². The van der Waals surface area contributed by atoms with Gasteiger partial charge in [0.05, 0.1) is 10.4 Å². The van der Waals surface area contributed by atoms with Gasteiger partial charge in [0.2, 0.25) is 0 Å². The molecule has 0 amide bonds. The number of aryl methyl sites for hydroxylation is 1. The molecular formula is C8H9ClOS. The molecule has 0 radical (unpaired) electrons. The Kier molecular flexibility index (Phi) is 1.91. The molecule has 11 heavy (non-hydrogen) atoms. The summed E-state index contributed by atoms with van der Waals surface area (Å²) in [6, 6.07) is 1.89. The molecule has 0 saturated carbocycles. The fourth-order valence-electron chi connectivity index (χ4n) is 1.50. The van der Waals surface area contributed by atoms with E-state index >= 15 is 0 Å². The van der Waals surface area contributed by atoms with Crippen molar-refractivity contribution in [2.75, 3.05) is 0 Å². The van der Waals surface area contributed by atoms with Crippen LogP contribution in [0.2, 0.25) is 4.34 Å². The molecule has 0 aromatic carbocycles. The summed E-state index contributed by atoms with van der Waals surface area (Å²) < 4.78 is 0.802. The van der Waals surface area contributed by atoms with Crippen molar-refractivity contribution in [2.45, 2.75) is 25.4 Å². The molecule has 0 aliphatic heterocycles. The van der Waals surface area contributed by atoms with Crippen molar-refractivity contribution >= 4 is 22.9 Å². The summed E-state index contributed by atoms with van der Waals surface area (Å²) in [6.45, 7) is 0. The van der Waals surface area contributed by atoms with E-state index in [1.807, 2.05) is 6.07 Å². The zero-order valence-corrected chi connectivity index (χ0v) is 7.58. The molecule has 0 saturated heterocycles. The Morgan fingerprint density at radius 2 is 2.45 bits per heavy atom. The first-order chi connectivity index (χ1) is 5.27. The average Bonchev–Trinajstić information content (AvgIpc) is 2.31. The molecule has 1 nitrogen and oxygen atoms in total. The monoisotopic (exact) mass is 188 g/mol. The van der Waals surface area contributed by atoms with Crippen LogP contribution in [0.25, 0.3) is 0 Å². The largest absolute Gasteiger partial charge is 0.388 e. The van der Waals surface area contributed by atoms with Crippen molar-refractivity contribution in [3.05, 3.63) is 20.8 Å². The molecule has 0 fully saturated rings. The van der Waals surface area contributed by atoms with Gasteiger partial charge >= 0.3 is 0 Å². The van der Waals surface area contributed by atoms with Gasteiger partial charge in [-0.2, -0.15) is 0 Å². The third kappa shape index (κ3) is 1.31. The van der Waals surface area contributed by atoms with Gasteiger partial charge in [-0.25, -0.2) is 0 Å². The predicted molar refractivity (Wildman–Crippen MR) is 47.2 cm³/mol. The van der Waals surface area contributed by atoms with Crippen LogP contribution < -0.4 is 0 Å². The number of halogens is 1. The molecular weight excluding hydrogens is 180 g/mol. The molecule has 1 heterocycles. The number of hydrogen-bond donors (Lipinski definition) is 1. The van der Waals surface area contributed by atoms with Gasteiger partial charge in [0.25, 0.3) is 0 Å². The number of aliphatic hydroxyl groups is 1. The first-order valence-electron chi connectivity index (χ1n) is 3.73. The van der Waals surface area contributed by atoms with Crippen LogP contribution in [0.5, 0.6) is 0 Å². The van der Waals surface area contributed by atoms with Crippen LogP contribution in [-0.2, 0) is 6.42 Å². The second-order valence-corrected chi connectivity index (χ2v) is 4.61. The van der Waals surface area contributed by atoms with Gasteiger partial charge in [-0.3, -0.25) is 0 Å². The van der Waals surface area contributed by atoms with E-state index < -0.39 is 0 Å². The maximum absolute atomic E-state index is 9.52. The van der Waals surface area contributed by atoms with Crippen molar-refractivity contribution < 1.29 is 5.11 Å². The topological polar surface area (TPSA) is 20.2 Å². The van der Waals surface area contributed by atoms with Gasteiger partial charge in [0, 0.05) is 4.88 Å². The number of aliphatic hydroxyl groups excluding tert-OH is 1. The van der Waals surface area contributed by atoms with Crippen LogP contribution in [0, 0.1) is 0 Å². The van der Waals surface area contributed by atoms with Crippen LogP contribution in [0.15, 0.2) is 6.07 Å². The van der Waals surface area contributed by atoms with Gasteiger partial charge in [0.1, 0.15) is 0 Å². The van der Waals surface area contributed by atoms with E-state index in [2.05, 4.69) is 0 Å². The zero-order chi connectivity index (χ0) is 7.84. The summed E-state index contributed by atoms with van der Waals surface area (Å²) in [5.41, 5.74) is 1.06. The Bertz CT molecular complexity index is 269. The minimum absolute atomic E-state index is 0.262. The normalized spacial score (nSPS) is 23.3. The van der Waals surface area contributed by atoms with E-state index in [4.69, 9.17) is 11.6 Å². The minimum atomic E-state index is -0.262. The quantitative estimate of drug-likeness (QED) is 0.664. The number of rotatable bonds is 0. The highest BCUT2D eigenvalue weighted by atomic mass is 35.5. The molecule has 1 N–H and O–H groups in total. The Labute approximate surface area is 74.6 Å². The fourth-order valence-corrected chi connectivity index (χ4v) is 2.88. The lowest BCUT2D eigenvalue weighted by Gasteiger charge is -2.16. The smallest absolute Gasteiger partial charge is 0.0935 e. The highest BCUT2D eigenvalue weighted by Crippen LogP contribution is 2.37. The maximum atomic E-state index is 9.52. The molecule has 1 unspecified atom stereocenters. The zero-order valence-electron chi connectivity index (χ0n) is 6.01. The molecule has 1 atom stereocenters. The first kappa shape index (κ1) is 7.59. The van der Waals surface area contributed by atoms with Gasteiger partial charge < -0.3 is 5.11 Å². The first-order valence-corrected chi connectivity index (χ1v) is 4.93. The van der Waals surface area contributed by atoms with Crippen LogP contribution in [0.4, 0.5) is 0 Å². The van der Waals surface area contributed by atoms with Crippen LogP contribution in [0.1, 0.15) is 29.4 Å². The van der Waals surface area contributed by atoms with Crippen molar-refractivity contribution in [2.24, 2.45) is 0 Å². The molecule has 1 aromatic rings. The van der Waals surface area contributed by atoms with Crippen LogP contribution in [0.3, 0.4) is 0 Å². The van der Waals surface area contributed by atoms with Gasteiger partial charge in [-0.05, 0) is 30.9 Å². The summed E-state index contributed by atoms with van der Waals surface area (Å²) in [7, 11) is 0. The highest BCUT2D eigenvalue weighted by Gasteiger charge is 2.19. The number of thiophene rings is 1. The lowest BCUT2D eigenvalue weighted by atomic mass is 9.97.